The highest BCUT2D eigenvalue weighted by Crippen LogP contribution is 1.79. The lowest BCUT2D eigenvalue weighted by Gasteiger charge is -2.02. The van der Waals surface area contributed by atoms with Crippen LogP contribution in [-0.2, 0) is 4.74 Å². The molecule has 0 radical (unpaired) electrons. The normalized spacial score (nSPS) is 24.8. The summed E-state index contributed by atoms with van der Waals surface area (Å²) in [6, 6.07) is 0. The number of quaternary nitrogens is 1. The van der Waals surface area contributed by atoms with Crippen LogP contribution in [-0.4, -0.2) is 50.8 Å². The standard InChI is InChI=1S/C8H17N2O/c1-4-11-7-8-9(2)5-6-10(8)3/h4-7H2,1-3H3/q+1/p+1. The Morgan fingerprint density at radius 1 is 1.64 bits per heavy atom. The van der Waals surface area contributed by atoms with Gasteiger partial charge in [0.1, 0.15) is 13.6 Å². The van der Waals surface area contributed by atoms with Crippen LogP contribution in [0.4, 0.5) is 0 Å². The molecule has 0 aromatic carbocycles. The van der Waals surface area contributed by atoms with Crippen LogP contribution in [0.25, 0.3) is 0 Å². The summed E-state index contributed by atoms with van der Waals surface area (Å²) in [5.74, 6) is 1.38. The molecule has 0 saturated heterocycles. The number of nitrogens with one attached hydrogen (secondary N) is 1. The van der Waals surface area contributed by atoms with Crippen molar-refractivity contribution in [2.24, 2.45) is 0 Å². The van der Waals surface area contributed by atoms with Crippen molar-refractivity contribution in [2.45, 2.75) is 6.92 Å². The smallest absolute Gasteiger partial charge is 0.362 e. The third-order valence-corrected chi connectivity index (χ3v) is 2.22. The minimum atomic E-state index is 0.791. The SMILES string of the molecule is CCOCC1=[N+](C)CC[NH+]1C. The molecule has 0 aliphatic carbocycles. The highest BCUT2D eigenvalue weighted by molar-refractivity contribution is 5.69. The summed E-state index contributed by atoms with van der Waals surface area (Å²) in [6.07, 6.45) is 0. The molecule has 1 unspecified atom stereocenters. The second kappa shape index (κ2) is 3.83. The van der Waals surface area contributed by atoms with E-state index in [9.17, 15) is 0 Å². The maximum atomic E-state index is 5.36. The molecule has 0 spiro atoms. The third-order valence-electron chi connectivity index (χ3n) is 2.22. The zero-order valence-electron chi connectivity index (χ0n) is 7.68. The summed E-state index contributed by atoms with van der Waals surface area (Å²) < 4.78 is 7.64. The van der Waals surface area contributed by atoms with Crippen LogP contribution < -0.4 is 4.90 Å². The van der Waals surface area contributed by atoms with Gasteiger partial charge in [-0.15, -0.1) is 0 Å². The van der Waals surface area contributed by atoms with Crippen molar-refractivity contribution in [3.8, 4) is 0 Å². The number of likely N-dealkylation sites (N-methyl/N-ethyl adjacent to an activating group) is 2. The number of hydrogen-bond acceptors (Lipinski definition) is 1. The summed E-state index contributed by atoms with van der Waals surface area (Å²) in [5, 5.41) is 0. The van der Waals surface area contributed by atoms with Gasteiger partial charge in [-0.05, 0) is 6.92 Å². The lowest BCUT2D eigenvalue weighted by molar-refractivity contribution is -0.779. The van der Waals surface area contributed by atoms with E-state index in [0.29, 0.717) is 0 Å². The fourth-order valence-corrected chi connectivity index (χ4v) is 1.37. The van der Waals surface area contributed by atoms with E-state index in [4.69, 9.17) is 4.74 Å². The molecule has 1 atom stereocenters. The monoisotopic (exact) mass is 158 g/mol. The summed E-state index contributed by atoms with van der Waals surface area (Å²) in [4.78, 5) is 1.49. The van der Waals surface area contributed by atoms with Crippen molar-refractivity contribution in [1.29, 1.82) is 0 Å². The van der Waals surface area contributed by atoms with Gasteiger partial charge in [0.15, 0.2) is 13.2 Å². The third kappa shape index (κ3) is 2.01. The van der Waals surface area contributed by atoms with Crippen molar-refractivity contribution in [2.75, 3.05) is 40.4 Å². The Hall–Kier alpha value is -0.410. The van der Waals surface area contributed by atoms with E-state index in [-0.39, 0.29) is 0 Å². The Balaban J connectivity index is 2.46. The average molecular weight is 158 g/mol. The van der Waals surface area contributed by atoms with Gasteiger partial charge in [0.25, 0.3) is 0 Å². The van der Waals surface area contributed by atoms with E-state index in [1.165, 1.54) is 17.3 Å². The molecule has 11 heavy (non-hydrogen) atoms. The van der Waals surface area contributed by atoms with Crippen molar-refractivity contribution in [1.82, 2.24) is 0 Å². The van der Waals surface area contributed by atoms with Crippen molar-refractivity contribution in [3.05, 3.63) is 0 Å². The molecule has 3 heteroatoms. The van der Waals surface area contributed by atoms with E-state index in [1.54, 1.807) is 0 Å². The number of rotatable bonds is 3. The second-order valence-corrected chi connectivity index (χ2v) is 3.04. The van der Waals surface area contributed by atoms with Crippen molar-refractivity contribution in [3.63, 3.8) is 0 Å². The molecule has 0 bridgehead atoms. The first-order valence-corrected chi connectivity index (χ1v) is 4.23. The van der Waals surface area contributed by atoms with Gasteiger partial charge in [0.05, 0.1) is 7.05 Å². The Kier molecular flexibility index (Phi) is 3.02. The lowest BCUT2D eigenvalue weighted by Crippen LogP contribution is -3.11. The predicted octanol–water partition coefficient (Wildman–Crippen LogP) is -1.41. The first-order chi connectivity index (χ1) is 5.25. The van der Waals surface area contributed by atoms with E-state index >= 15 is 0 Å². The molecule has 1 rings (SSSR count). The topological polar surface area (TPSA) is 16.7 Å². The highest BCUT2D eigenvalue weighted by Gasteiger charge is 2.29. The highest BCUT2D eigenvalue weighted by atomic mass is 16.5. The summed E-state index contributed by atoms with van der Waals surface area (Å²) in [5.41, 5.74) is 0. The fraction of sp³-hybridized carbons (Fsp3) is 0.875. The minimum Gasteiger partial charge on any atom is -0.365 e. The van der Waals surface area contributed by atoms with Crippen LogP contribution in [0.15, 0.2) is 0 Å². The first kappa shape index (κ1) is 8.68. The quantitative estimate of drug-likeness (QED) is 0.499. The molecule has 0 amide bonds. The second-order valence-electron chi connectivity index (χ2n) is 3.04. The molecule has 1 heterocycles. The van der Waals surface area contributed by atoms with Gasteiger partial charge >= 0.3 is 5.84 Å². The fourth-order valence-electron chi connectivity index (χ4n) is 1.37. The maximum Gasteiger partial charge on any atom is 0.362 e. The summed E-state index contributed by atoms with van der Waals surface area (Å²) >= 11 is 0. The van der Waals surface area contributed by atoms with Gasteiger partial charge in [-0.2, -0.15) is 4.58 Å². The zero-order chi connectivity index (χ0) is 8.27. The Labute approximate surface area is 68.3 Å². The van der Waals surface area contributed by atoms with E-state index in [2.05, 4.69) is 18.7 Å². The van der Waals surface area contributed by atoms with Crippen LogP contribution in [0.2, 0.25) is 0 Å². The van der Waals surface area contributed by atoms with Gasteiger partial charge in [-0.3, -0.25) is 0 Å². The van der Waals surface area contributed by atoms with Crippen LogP contribution in [0.5, 0.6) is 0 Å². The van der Waals surface area contributed by atoms with Crippen LogP contribution in [0.1, 0.15) is 6.92 Å². The number of amidine groups is 1. The molecule has 64 valence electrons. The van der Waals surface area contributed by atoms with Gasteiger partial charge in [0.2, 0.25) is 0 Å². The van der Waals surface area contributed by atoms with Crippen LogP contribution in [0.3, 0.4) is 0 Å². The van der Waals surface area contributed by atoms with Crippen LogP contribution in [0, 0.1) is 0 Å². The Bertz CT molecular complexity index is 165. The molecule has 0 aromatic heterocycles. The van der Waals surface area contributed by atoms with Gasteiger partial charge in [-0.25, -0.2) is 4.90 Å². The Morgan fingerprint density at radius 2 is 2.36 bits per heavy atom. The molecule has 0 aromatic rings. The molecule has 1 aliphatic rings. The molecule has 0 fully saturated rings. The van der Waals surface area contributed by atoms with E-state index in [1.807, 2.05) is 6.92 Å². The molecule has 1 aliphatic heterocycles. The lowest BCUT2D eigenvalue weighted by atomic mass is 10.5. The molecular weight excluding hydrogens is 140 g/mol. The molecule has 0 saturated carbocycles. The van der Waals surface area contributed by atoms with Gasteiger partial charge < -0.3 is 4.74 Å². The predicted molar refractivity (Wildman–Crippen MR) is 44.3 cm³/mol. The maximum absolute atomic E-state index is 5.36. The van der Waals surface area contributed by atoms with Crippen molar-refractivity contribution < 1.29 is 14.2 Å². The Morgan fingerprint density at radius 3 is 2.82 bits per heavy atom. The van der Waals surface area contributed by atoms with Gasteiger partial charge in [-0.1, -0.05) is 0 Å². The zero-order valence-corrected chi connectivity index (χ0v) is 7.68. The van der Waals surface area contributed by atoms with E-state index in [0.717, 1.165) is 19.8 Å². The summed E-state index contributed by atoms with van der Waals surface area (Å²) in [7, 11) is 4.32. The first-order valence-electron chi connectivity index (χ1n) is 4.23. The number of hydrogen-bond donors (Lipinski definition) is 1. The van der Waals surface area contributed by atoms with Crippen molar-refractivity contribution >= 4 is 5.84 Å². The number of ether oxygens (including phenoxy) is 1. The number of nitrogens with zero attached hydrogens (tertiary/aromatic N) is 1. The molecule has 3 nitrogen and oxygen atoms in total. The largest absolute Gasteiger partial charge is 0.365 e. The average Bonchev–Trinajstić information content (AvgIpc) is 2.29. The van der Waals surface area contributed by atoms with Gasteiger partial charge in [0, 0.05) is 6.61 Å². The minimum absolute atomic E-state index is 0.791. The molecule has 1 N–H and O–H groups in total. The van der Waals surface area contributed by atoms with E-state index < -0.39 is 0 Å². The molecular formula is C8H18N2O+2. The summed E-state index contributed by atoms with van der Waals surface area (Å²) in [6.45, 7) is 6.00. The van der Waals surface area contributed by atoms with Crippen LogP contribution >= 0.6 is 0 Å².